The molecule has 0 bridgehead atoms. The van der Waals surface area contributed by atoms with Crippen molar-refractivity contribution in [2.24, 2.45) is 0 Å². The lowest BCUT2D eigenvalue weighted by molar-refractivity contribution is -0.128. The van der Waals surface area contributed by atoms with Crippen LogP contribution in [-0.4, -0.2) is 47.9 Å². The van der Waals surface area contributed by atoms with Crippen molar-refractivity contribution in [1.82, 2.24) is 15.1 Å². The smallest absolute Gasteiger partial charge is 0.246 e. The van der Waals surface area contributed by atoms with Gasteiger partial charge in [0.1, 0.15) is 6.54 Å². The van der Waals surface area contributed by atoms with Crippen molar-refractivity contribution < 1.29 is 14.3 Å². The summed E-state index contributed by atoms with van der Waals surface area (Å²) in [6.07, 6.45) is 3.75. The van der Waals surface area contributed by atoms with Crippen LogP contribution in [0.2, 0.25) is 0 Å². The summed E-state index contributed by atoms with van der Waals surface area (Å²) in [4.78, 5) is 25.4. The summed E-state index contributed by atoms with van der Waals surface area (Å²) in [7, 11) is 0. The molecule has 2 saturated heterocycles. The molecular weight excluding hydrogens is 332 g/mol. The van der Waals surface area contributed by atoms with Gasteiger partial charge in [-0.15, -0.1) is 0 Å². The van der Waals surface area contributed by atoms with E-state index in [9.17, 15) is 9.59 Å². The number of piperazine rings is 1. The molecule has 2 amide bonds. The Bertz CT molecular complexity index is 839. The number of benzene rings is 1. The van der Waals surface area contributed by atoms with Crippen molar-refractivity contribution in [3.05, 3.63) is 36.0 Å². The average molecular weight is 354 g/mol. The van der Waals surface area contributed by atoms with Crippen LogP contribution in [0, 0.1) is 6.92 Å². The Labute approximate surface area is 151 Å². The Morgan fingerprint density at radius 1 is 1.19 bits per heavy atom. The number of aryl methyl sites for hydroxylation is 1. The highest BCUT2D eigenvalue weighted by Crippen LogP contribution is 2.31. The van der Waals surface area contributed by atoms with Crippen LogP contribution in [0.25, 0.3) is 11.3 Å². The third kappa shape index (κ3) is 3.10. The van der Waals surface area contributed by atoms with Crippen LogP contribution in [0.4, 0.5) is 5.69 Å². The number of nitrogens with zero attached hydrogens (tertiary/aromatic N) is 3. The molecule has 1 N–H and O–H groups in total. The van der Waals surface area contributed by atoms with Crippen LogP contribution in [0.3, 0.4) is 0 Å². The summed E-state index contributed by atoms with van der Waals surface area (Å²) in [6.45, 7) is 3.62. The van der Waals surface area contributed by atoms with Gasteiger partial charge in [-0.25, -0.2) is 0 Å². The van der Waals surface area contributed by atoms with Gasteiger partial charge in [0.15, 0.2) is 0 Å². The lowest BCUT2D eigenvalue weighted by atomic mass is 10.0. The van der Waals surface area contributed by atoms with Crippen molar-refractivity contribution in [1.29, 1.82) is 0 Å². The summed E-state index contributed by atoms with van der Waals surface area (Å²) in [6, 6.07) is 8.34. The molecule has 7 heteroatoms. The van der Waals surface area contributed by atoms with Crippen molar-refractivity contribution in [3.63, 3.8) is 0 Å². The van der Waals surface area contributed by atoms with Gasteiger partial charge >= 0.3 is 0 Å². The topological polar surface area (TPSA) is 76.5 Å². The van der Waals surface area contributed by atoms with Crippen LogP contribution in [-0.2, 0) is 14.3 Å². The largest absolute Gasteiger partial charge is 0.381 e. The van der Waals surface area contributed by atoms with Gasteiger partial charge in [0.25, 0.3) is 0 Å². The monoisotopic (exact) mass is 354 g/mol. The minimum absolute atomic E-state index is 0.0521. The maximum absolute atomic E-state index is 12.2. The summed E-state index contributed by atoms with van der Waals surface area (Å²) in [5.74, 6) is -0.224. The zero-order valence-electron chi connectivity index (χ0n) is 14.8. The third-order valence-corrected chi connectivity index (χ3v) is 5.03. The van der Waals surface area contributed by atoms with E-state index < -0.39 is 0 Å². The van der Waals surface area contributed by atoms with Gasteiger partial charge in [0, 0.05) is 30.7 Å². The molecule has 0 aliphatic carbocycles. The Hall–Kier alpha value is -2.67. The second-order valence-corrected chi connectivity index (χ2v) is 6.76. The summed E-state index contributed by atoms with van der Waals surface area (Å²) in [5, 5.41) is 7.10. The van der Waals surface area contributed by atoms with Gasteiger partial charge in [0.05, 0.1) is 18.3 Å². The van der Waals surface area contributed by atoms with Crippen molar-refractivity contribution in [2.45, 2.75) is 25.8 Å². The number of aromatic nitrogens is 2. The van der Waals surface area contributed by atoms with Gasteiger partial charge in [-0.1, -0.05) is 6.07 Å². The summed E-state index contributed by atoms with van der Waals surface area (Å²) in [5.41, 5.74) is 3.87. The number of anilines is 1. The van der Waals surface area contributed by atoms with Crippen LogP contribution in [0.1, 0.15) is 24.4 Å². The molecule has 26 heavy (non-hydrogen) atoms. The maximum Gasteiger partial charge on any atom is 0.246 e. The first-order chi connectivity index (χ1) is 12.6. The molecule has 0 saturated carbocycles. The van der Waals surface area contributed by atoms with E-state index in [1.165, 1.54) is 0 Å². The van der Waals surface area contributed by atoms with Crippen LogP contribution < -0.4 is 10.2 Å². The maximum atomic E-state index is 12.2. The highest BCUT2D eigenvalue weighted by molar-refractivity contribution is 6.05. The minimum atomic E-state index is -0.134. The standard InChI is InChI=1S/C19H22N4O3/c1-13-10-14(2-3-16(13)22-12-18(24)20-11-19(22)25)17-4-7-21-23(17)15-5-8-26-9-6-15/h2-4,7,10,15H,5-6,8-9,11-12H2,1H3,(H,20,24). The van der Waals surface area contributed by atoms with Crippen LogP contribution in [0.5, 0.6) is 0 Å². The van der Waals surface area contributed by atoms with E-state index in [0.29, 0.717) is 6.04 Å². The van der Waals surface area contributed by atoms with Gasteiger partial charge in [-0.05, 0) is 43.5 Å². The SMILES string of the molecule is Cc1cc(-c2ccnn2C2CCOCC2)ccc1N1CC(=O)NCC1=O. The second kappa shape index (κ2) is 6.92. The fourth-order valence-corrected chi connectivity index (χ4v) is 3.66. The number of ether oxygens (including phenoxy) is 1. The first-order valence-electron chi connectivity index (χ1n) is 8.93. The molecule has 0 atom stereocenters. The molecule has 2 aliphatic heterocycles. The summed E-state index contributed by atoms with van der Waals surface area (Å²) >= 11 is 0. The van der Waals surface area contributed by atoms with E-state index in [2.05, 4.69) is 21.2 Å². The molecule has 3 heterocycles. The molecule has 0 unspecified atom stereocenters. The molecule has 1 aromatic carbocycles. The van der Waals surface area contributed by atoms with E-state index in [0.717, 1.165) is 48.6 Å². The first-order valence-corrected chi connectivity index (χ1v) is 8.93. The molecule has 1 aromatic heterocycles. The zero-order valence-corrected chi connectivity index (χ0v) is 14.8. The number of carbonyl (C=O) groups excluding carboxylic acids is 2. The molecule has 4 rings (SSSR count). The number of hydrogen-bond acceptors (Lipinski definition) is 4. The number of carbonyl (C=O) groups is 2. The molecule has 2 aromatic rings. The lowest BCUT2D eigenvalue weighted by Crippen LogP contribution is -2.51. The van der Waals surface area contributed by atoms with E-state index in [4.69, 9.17) is 4.74 Å². The molecule has 7 nitrogen and oxygen atoms in total. The number of hydrogen-bond donors (Lipinski definition) is 1. The number of amides is 2. The molecule has 136 valence electrons. The highest BCUT2D eigenvalue weighted by atomic mass is 16.5. The van der Waals surface area contributed by atoms with Gasteiger partial charge in [-0.2, -0.15) is 5.10 Å². The Balaban J connectivity index is 1.64. The lowest BCUT2D eigenvalue weighted by Gasteiger charge is -2.28. The van der Waals surface area contributed by atoms with Gasteiger partial charge < -0.3 is 15.0 Å². The average Bonchev–Trinajstić information content (AvgIpc) is 3.14. The van der Waals surface area contributed by atoms with Crippen LogP contribution in [0.15, 0.2) is 30.5 Å². The van der Waals surface area contributed by atoms with Crippen molar-refractivity contribution in [3.8, 4) is 11.3 Å². The fourth-order valence-electron chi connectivity index (χ4n) is 3.66. The van der Waals surface area contributed by atoms with Gasteiger partial charge in [0.2, 0.25) is 11.8 Å². The highest BCUT2D eigenvalue weighted by Gasteiger charge is 2.26. The first kappa shape index (κ1) is 16.8. The second-order valence-electron chi connectivity index (χ2n) is 6.76. The minimum Gasteiger partial charge on any atom is -0.381 e. The normalized spacial score (nSPS) is 18.9. The van der Waals surface area contributed by atoms with Crippen molar-refractivity contribution in [2.75, 3.05) is 31.2 Å². The quantitative estimate of drug-likeness (QED) is 0.910. The van der Waals surface area contributed by atoms with Crippen LogP contribution >= 0.6 is 0 Å². The number of rotatable bonds is 3. The number of nitrogens with one attached hydrogen (secondary N) is 1. The molecular formula is C19H22N4O3. The summed E-state index contributed by atoms with van der Waals surface area (Å²) < 4.78 is 7.53. The Morgan fingerprint density at radius 2 is 2.00 bits per heavy atom. The van der Waals surface area contributed by atoms with Crippen molar-refractivity contribution >= 4 is 17.5 Å². The van der Waals surface area contributed by atoms with E-state index in [1.54, 1.807) is 4.90 Å². The molecule has 2 fully saturated rings. The van der Waals surface area contributed by atoms with E-state index >= 15 is 0 Å². The Morgan fingerprint density at radius 3 is 2.77 bits per heavy atom. The third-order valence-electron chi connectivity index (χ3n) is 5.03. The predicted octanol–water partition coefficient (Wildman–Crippen LogP) is 1.67. The molecule has 0 spiro atoms. The van der Waals surface area contributed by atoms with E-state index in [1.807, 2.05) is 31.3 Å². The zero-order chi connectivity index (χ0) is 18.1. The fraction of sp³-hybridized carbons (Fsp3) is 0.421. The predicted molar refractivity (Wildman–Crippen MR) is 96.9 cm³/mol. The van der Waals surface area contributed by atoms with E-state index in [-0.39, 0.29) is 24.9 Å². The molecule has 2 aliphatic rings. The molecule has 0 radical (unpaired) electrons. The van der Waals surface area contributed by atoms with Gasteiger partial charge in [-0.3, -0.25) is 14.3 Å². The Kier molecular flexibility index (Phi) is 4.46.